The van der Waals surface area contributed by atoms with Crippen molar-refractivity contribution in [1.29, 1.82) is 0 Å². The molecule has 0 saturated heterocycles. The summed E-state index contributed by atoms with van der Waals surface area (Å²) in [6.07, 6.45) is -4.60. The van der Waals surface area contributed by atoms with Gasteiger partial charge in [0.1, 0.15) is 11.3 Å². The summed E-state index contributed by atoms with van der Waals surface area (Å²) in [4.78, 5) is 0. The average molecular weight is 227 g/mol. The second-order valence-corrected chi connectivity index (χ2v) is 3.44. The molecule has 84 valence electrons. The molecule has 0 heterocycles. The molecule has 5 heteroatoms. The molecule has 0 bridgehead atoms. The summed E-state index contributed by atoms with van der Waals surface area (Å²) < 4.78 is 38.1. The highest BCUT2D eigenvalue weighted by atomic mass is 19.4. The summed E-state index contributed by atoms with van der Waals surface area (Å²) in [5.74, 6) is -0.786. The Bertz CT molecular complexity index is 543. The Morgan fingerprint density at radius 2 is 1.69 bits per heavy atom. The highest BCUT2D eigenvalue weighted by molar-refractivity contribution is 5.90. The van der Waals surface area contributed by atoms with Crippen LogP contribution in [0.3, 0.4) is 0 Å². The number of nitrogen functional groups attached to an aromatic ring is 1. The Kier molecular flexibility index (Phi) is 2.18. The minimum absolute atomic E-state index is 0.0903. The summed E-state index contributed by atoms with van der Waals surface area (Å²) in [5.41, 5.74) is 4.62. The molecule has 0 aromatic heterocycles. The number of rotatable bonds is 0. The zero-order valence-corrected chi connectivity index (χ0v) is 8.05. The Hall–Kier alpha value is -1.91. The molecule has 0 spiro atoms. The molecule has 2 aromatic rings. The normalized spacial score (nSPS) is 11.9. The lowest BCUT2D eigenvalue weighted by Gasteiger charge is -2.12. The van der Waals surface area contributed by atoms with E-state index in [-0.39, 0.29) is 11.1 Å². The summed E-state index contributed by atoms with van der Waals surface area (Å²) >= 11 is 0. The van der Waals surface area contributed by atoms with E-state index in [4.69, 9.17) is 5.73 Å². The third-order valence-electron chi connectivity index (χ3n) is 2.31. The van der Waals surface area contributed by atoms with Crippen LogP contribution in [0.25, 0.3) is 10.8 Å². The number of phenolic OH excluding ortho intramolecular Hbond substituents is 1. The lowest BCUT2D eigenvalue weighted by Crippen LogP contribution is -2.06. The average Bonchev–Trinajstić information content (AvgIpc) is 2.14. The van der Waals surface area contributed by atoms with Crippen LogP contribution in [0.15, 0.2) is 30.3 Å². The molecule has 0 atom stereocenters. The van der Waals surface area contributed by atoms with Crippen molar-refractivity contribution in [2.24, 2.45) is 0 Å². The predicted molar refractivity (Wildman–Crippen MR) is 55.0 cm³/mol. The highest BCUT2D eigenvalue weighted by Gasteiger charge is 2.35. The van der Waals surface area contributed by atoms with E-state index < -0.39 is 17.5 Å². The number of alkyl halides is 3. The van der Waals surface area contributed by atoms with Crippen LogP contribution in [0.4, 0.5) is 18.9 Å². The molecule has 0 radical (unpaired) electrons. The smallest absolute Gasteiger partial charge is 0.420 e. The molecule has 2 rings (SSSR count). The summed E-state index contributed by atoms with van der Waals surface area (Å²) in [7, 11) is 0. The Balaban J connectivity index is 2.88. The van der Waals surface area contributed by atoms with Gasteiger partial charge in [-0.2, -0.15) is 13.2 Å². The van der Waals surface area contributed by atoms with Crippen molar-refractivity contribution in [3.8, 4) is 5.75 Å². The Morgan fingerprint density at radius 3 is 2.31 bits per heavy atom. The molecule has 0 unspecified atom stereocenters. The monoisotopic (exact) mass is 227 g/mol. The second kappa shape index (κ2) is 3.30. The van der Waals surface area contributed by atoms with E-state index >= 15 is 0 Å². The zero-order chi connectivity index (χ0) is 11.9. The van der Waals surface area contributed by atoms with Crippen LogP contribution in [0.2, 0.25) is 0 Å². The van der Waals surface area contributed by atoms with Gasteiger partial charge in [-0.3, -0.25) is 0 Å². The first kappa shape index (κ1) is 10.6. The van der Waals surface area contributed by atoms with Gasteiger partial charge in [-0.05, 0) is 29.0 Å². The summed E-state index contributed by atoms with van der Waals surface area (Å²) in [6, 6.07) is 6.65. The van der Waals surface area contributed by atoms with E-state index in [1.165, 1.54) is 24.3 Å². The fourth-order valence-corrected chi connectivity index (χ4v) is 1.62. The number of hydrogen-bond donors (Lipinski definition) is 2. The maximum absolute atomic E-state index is 12.7. The lowest BCUT2D eigenvalue weighted by molar-refractivity contribution is -0.137. The van der Waals surface area contributed by atoms with E-state index in [9.17, 15) is 18.3 Å². The number of aromatic hydroxyl groups is 1. The number of anilines is 1. The first-order valence-corrected chi connectivity index (χ1v) is 4.48. The van der Waals surface area contributed by atoms with Crippen molar-refractivity contribution in [3.05, 3.63) is 35.9 Å². The number of hydrogen-bond acceptors (Lipinski definition) is 2. The van der Waals surface area contributed by atoms with Crippen molar-refractivity contribution in [1.82, 2.24) is 0 Å². The molecule has 0 fully saturated rings. The molecule has 3 N–H and O–H groups in total. The molecule has 0 saturated carbocycles. The van der Waals surface area contributed by atoms with Gasteiger partial charge in [0.15, 0.2) is 0 Å². The molecule has 0 aliphatic heterocycles. The fraction of sp³-hybridized carbons (Fsp3) is 0.0909. The van der Waals surface area contributed by atoms with E-state index in [2.05, 4.69) is 0 Å². The van der Waals surface area contributed by atoms with Crippen molar-refractivity contribution in [2.45, 2.75) is 6.18 Å². The molecule has 16 heavy (non-hydrogen) atoms. The number of phenols is 1. The quantitative estimate of drug-likeness (QED) is 0.679. The number of nitrogens with two attached hydrogens (primary N) is 1. The Morgan fingerprint density at radius 1 is 1.06 bits per heavy atom. The number of halogens is 3. The van der Waals surface area contributed by atoms with Gasteiger partial charge < -0.3 is 10.8 Å². The van der Waals surface area contributed by atoms with Crippen LogP contribution >= 0.6 is 0 Å². The van der Waals surface area contributed by atoms with Crippen LogP contribution in [0.5, 0.6) is 5.75 Å². The van der Waals surface area contributed by atoms with Crippen LogP contribution in [0, 0.1) is 0 Å². The van der Waals surface area contributed by atoms with Gasteiger partial charge in [-0.25, -0.2) is 0 Å². The third-order valence-corrected chi connectivity index (χ3v) is 2.31. The van der Waals surface area contributed by atoms with Gasteiger partial charge in [0.05, 0.1) is 0 Å². The maximum Gasteiger partial charge on any atom is 0.420 e. The van der Waals surface area contributed by atoms with E-state index in [0.29, 0.717) is 5.39 Å². The third kappa shape index (κ3) is 1.64. The van der Waals surface area contributed by atoms with Gasteiger partial charge in [0.25, 0.3) is 0 Å². The van der Waals surface area contributed by atoms with Gasteiger partial charge in [-0.15, -0.1) is 0 Å². The molecular weight excluding hydrogens is 219 g/mol. The maximum atomic E-state index is 12.7. The molecular formula is C11H8F3NO. The topological polar surface area (TPSA) is 46.2 Å². The first-order chi connectivity index (χ1) is 7.39. The van der Waals surface area contributed by atoms with Crippen LogP contribution in [0.1, 0.15) is 5.56 Å². The largest absolute Gasteiger partial charge is 0.507 e. The van der Waals surface area contributed by atoms with E-state index in [0.717, 1.165) is 6.07 Å². The Labute approximate surface area is 89.1 Å². The summed E-state index contributed by atoms with van der Waals surface area (Å²) in [6.45, 7) is 0. The van der Waals surface area contributed by atoms with Gasteiger partial charge in [-0.1, -0.05) is 12.1 Å². The molecule has 2 nitrogen and oxygen atoms in total. The summed E-state index contributed by atoms with van der Waals surface area (Å²) in [5, 5.41) is 9.57. The first-order valence-electron chi connectivity index (χ1n) is 4.48. The molecule has 0 aliphatic rings. The van der Waals surface area contributed by atoms with E-state index in [1.54, 1.807) is 0 Å². The number of fused-ring (bicyclic) bond motifs is 1. The fourth-order valence-electron chi connectivity index (χ4n) is 1.62. The lowest BCUT2D eigenvalue weighted by atomic mass is 10.0. The standard InChI is InChI=1S/C11H8F3NO/c12-11(13,14)10-8-5-7(15)3-1-6(8)2-4-9(10)16/h1-5,16H,15H2. The minimum atomic E-state index is -4.60. The van der Waals surface area contributed by atoms with Gasteiger partial charge >= 0.3 is 6.18 Å². The highest BCUT2D eigenvalue weighted by Crippen LogP contribution is 2.40. The minimum Gasteiger partial charge on any atom is -0.507 e. The number of benzene rings is 2. The van der Waals surface area contributed by atoms with E-state index in [1.807, 2.05) is 0 Å². The van der Waals surface area contributed by atoms with Crippen molar-refractivity contribution < 1.29 is 18.3 Å². The second-order valence-electron chi connectivity index (χ2n) is 3.44. The molecule has 0 amide bonds. The van der Waals surface area contributed by atoms with Crippen LogP contribution in [-0.2, 0) is 6.18 Å². The van der Waals surface area contributed by atoms with Crippen LogP contribution < -0.4 is 5.73 Å². The van der Waals surface area contributed by atoms with Crippen molar-refractivity contribution in [2.75, 3.05) is 5.73 Å². The molecule has 0 aliphatic carbocycles. The van der Waals surface area contributed by atoms with Gasteiger partial charge in [0, 0.05) is 5.69 Å². The predicted octanol–water partition coefficient (Wildman–Crippen LogP) is 3.15. The van der Waals surface area contributed by atoms with Crippen molar-refractivity contribution in [3.63, 3.8) is 0 Å². The zero-order valence-electron chi connectivity index (χ0n) is 8.05. The van der Waals surface area contributed by atoms with Crippen LogP contribution in [-0.4, -0.2) is 5.11 Å². The van der Waals surface area contributed by atoms with Gasteiger partial charge in [0.2, 0.25) is 0 Å². The molecule has 2 aromatic carbocycles. The SMILES string of the molecule is Nc1ccc2ccc(O)c(C(F)(F)F)c2c1. The van der Waals surface area contributed by atoms with Crippen molar-refractivity contribution >= 4 is 16.5 Å².